The van der Waals surface area contributed by atoms with Crippen molar-refractivity contribution >= 4 is 0 Å². The van der Waals surface area contributed by atoms with Gasteiger partial charge in [-0.1, -0.05) is 31.5 Å². The highest BCUT2D eigenvalue weighted by Crippen LogP contribution is 2.53. The van der Waals surface area contributed by atoms with Gasteiger partial charge in [-0.05, 0) is 24.0 Å². The molecule has 1 aliphatic heterocycles. The Morgan fingerprint density at radius 2 is 1.72 bits per heavy atom. The Morgan fingerprint density at radius 1 is 1.03 bits per heavy atom. The number of alkyl halides is 6. The van der Waals surface area contributed by atoms with E-state index in [1.165, 1.54) is 6.07 Å². The minimum absolute atomic E-state index is 0.0601. The van der Waals surface area contributed by atoms with Gasteiger partial charge in [-0.2, -0.15) is 26.3 Å². The summed E-state index contributed by atoms with van der Waals surface area (Å²) in [5, 5.41) is 6.51. The van der Waals surface area contributed by atoms with Gasteiger partial charge in [0.2, 0.25) is 0 Å². The van der Waals surface area contributed by atoms with E-state index in [1.807, 2.05) is 6.92 Å². The first-order valence-corrected chi connectivity index (χ1v) is 9.39. The molecule has 0 aromatic heterocycles. The molecule has 0 spiro atoms. The number of nitrogens with one attached hydrogen (secondary N) is 2. The van der Waals surface area contributed by atoms with E-state index < -0.39 is 30.3 Å². The Hall–Kier alpha value is -1.36. The van der Waals surface area contributed by atoms with Crippen LogP contribution in [0.4, 0.5) is 26.3 Å². The van der Waals surface area contributed by atoms with Gasteiger partial charge < -0.3 is 20.1 Å². The Kier molecular flexibility index (Phi) is 7.94. The first-order chi connectivity index (χ1) is 13.6. The first-order valence-electron chi connectivity index (χ1n) is 9.39. The molecule has 1 unspecified atom stereocenters. The average molecular weight is 428 g/mol. The highest BCUT2D eigenvalue weighted by Gasteiger charge is 2.73. The molecule has 0 aliphatic carbocycles. The maximum absolute atomic E-state index is 13.8. The molecule has 4 nitrogen and oxygen atoms in total. The van der Waals surface area contributed by atoms with Gasteiger partial charge in [-0.25, -0.2) is 0 Å². The van der Waals surface area contributed by atoms with Crippen molar-refractivity contribution in [2.75, 3.05) is 33.5 Å². The van der Waals surface area contributed by atoms with Gasteiger partial charge in [0.05, 0.1) is 0 Å². The smallest absolute Gasteiger partial charge is 0.359 e. The Bertz CT molecular complexity index is 643. The molecule has 10 heteroatoms. The lowest BCUT2D eigenvalue weighted by atomic mass is 9.86. The normalized spacial score (nSPS) is 18.8. The molecule has 1 aromatic carbocycles. The number of halogens is 6. The maximum Gasteiger partial charge on any atom is 0.430 e. The molecular weight excluding hydrogens is 402 g/mol. The molecule has 0 saturated carbocycles. The molecule has 2 rings (SSSR count). The predicted octanol–water partition coefficient (Wildman–Crippen LogP) is 3.68. The average Bonchev–Trinajstić information content (AvgIpc) is 2.63. The third-order valence-electron chi connectivity index (χ3n) is 4.92. The standard InChI is InChI=1S/C19H26F6N2O2/c1-3-4-13-9-15(6-5-14(13)10-16-11-26-7-8-27-16)17(18(20,21)22,19(23,24)25)29-12-28-2/h5-6,9,16,26-27H,3-4,7-8,10-12H2,1-2H3. The number of hydrogen-bond acceptors (Lipinski definition) is 4. The van der Waals surface area contributed by atoms with Crippen LogP contribution >= 0.6 is 0 Å². The van der Waals surface area contributed by atoms with Crippen molar-refractivity contribution in [3.8, 4) is 0 Å². The van der Waals surface area contributed by atoms with Gasteiger partial charge in [0, 0.05) is 38.3 Å². The Labute approximate surface area is 165 Å². The van der Waals surface area contributed by atoms with E-state index in [-0.39, 0.29) is 6.04 Å². The highest BCUT2D eigenvalue weighted by atomic mass is 19.4. The second kappa shape index (κ2) is 9.63. The van der Waals surface area contributed by atoms with Crippen LogP contribution < -0.4 is 10.6 Å². The number of hydrogen-bond donors (Lipinski definition) is 2. The number of methoxy groups -OCH3 is 1. The second-order valence-electron chi connectivity index (χ2n) is 7.02. The monoisotopic (exact) mass is 428 g/mol. The van der Waals surface area contributed by atoms with Crippen LogP contribution in [0.1, 0.15) is 30.0 Å². The van der Waals surface area contributed by atoms with Crippen molar-refractivity contribution < 1.29 is 35.8 Å². The second-order valence-corrected chi connectivity index (χ2v) is 7.02. The molecular formula is C19H26F6N2O2. The highest BCUT2D eigenvalue weighted by molar-refractivity contribution is 5.38. The SMILES string of the molecule is CCCc1cc(C(OCOC)(C(F)(F)F)C(F)(F)F)ccc1CC1CNCCN1. The molecule has 1 aromatic rings. The van der Waals surface area contributed by atoms with E-state index in [4.69, 9.17) is 0 Å². The summed E-state index contributed by atoms with van der Waals surface area (Å²) >= 11 is 0. The lowest BCUT2D eigenvalue weighted by Gasteiger charge is -2.37. The van der Waals surface area contributed by atoms with Gasteiger partial charge in [-0.15, -0.1) is 0 Å². The summed E-state index contributed by atoms with van der Waals surface area (Å²) in [7, 11) is 0.967. The fourth-order valence-corrected chi connectivity index (χ4v) is 3.55. The van der Waals surface area contributed by atoms with Gasteiger partial charge in [-0.3, -0.25) is 0 Å². The summed E-state index contributed by atoms with van der Waals surface area (Å²) in [6, 6.07) is 3.25. The van der Waals surface area contributed by atoms with Crippen LogP contribution in [0.5, 0.6) is 0 Å². The minimum Gasteiger partial charge on any atom is -0.359 e. The molecule has 1 saturated heterocycles. The minimum atomic E-state index is -5.72. The lowest BCUT2D eigenvalue weighted by Crippen LogP contribution is -2.56. The largest absolute Gasteiger partial charge is 0.430 e. The fourth-order valence-electron chi connectivity index (χ4n) is 3.55. The van der Waals surface area contributed by atoms with Crippen LogP contribution in [-0.4, -0.2) is 51.9 Å². The molecule has 0 radical (unpaired) electrons. The van der Waals surface area contributed by atoms with E-state index in [1.54, 1.807) is 0 Å². The molecule has 0 amide bonds. The molecule has 1 atom stereocenters. The molecule has 1 fully saturated rings. The number of piperazine rings is 1. The van der Waals surface area contributed by atoms with Crippen molar-refractivity contribution in [2.24, 2.45) is 0 Å². The van der Waals surface area contributed by atoms with Crippen molar-refractivity contribution in [1.29, 1.82) is 0 Å². The van der Waals surface area contributed by atoms with Gasteiger partial charge in [0.1, 0.15) is 6.79 Å². The summed E-state index contributed by atoms with van der Waals surface area (Å²) in [4.78, 5) is 0. The van der Waals surface area contributed by atoms with E-state index in [0.717, 1.165) is 37.9 Å². The zero-order valence-electron chi connectivity index (χ0n) is 16.3. The van der Waals surface area contributed by atoms with Crippen LogP contribution in [-0.2, 0) is 27.9 Å². The molecule has 1 aliphatic rings. The fraction of sp³-hybridized carbons (Fsp3) is 0.684. The van der Waals surface area contributed by atoms with Crippen LogP contribution in [0, 0.1) is 0 Å². The van der Waals surface area contributed by atoms with Crippen molar-refractivity contribution in [1.82, 2.24) is 10.6 Å². The topological polar surface area (TPSA) is 42.5 Å². The molecule has 166 valence electrons. The number of aryl methyl sites for hydroxylation is 1. The number of rotatable bonds is 8. The van der Waals surface area contributed by atoms with E-state index in [2.05, 4.69) is 20.1 Å². The molecule has 0 bridgehead atoms. The van der Waals surface area contributed by atoms with Crippen molar-refractivity contribution in [2.45, 2.75) is 50.2 Å². The van der Waals surface area contributed by atoms with Crippen molar-refractivity contribution in [3.05, 3.63) is 34.9 Å². The molecule has 2 N–H and O–H groups in total. The molecule has 29 heavy (non-hydrogen) atoms. The number of ether oxygens (including phenoxy) is 2. The van der Waals surface area contributed by atoms with E-state index in [0.29, 0.717) is 31.4 Å². The zero-order chi connectivity index (χ0) is 21.7. The van der Waals surface area contributed by atoms with Crippen LogP contribution in [0.15, 0.2) is 18.2 Å². The van der Waals surface area contributed by atoms with Crippen molar-refractivity contribution in [3.63, 3.8) is 0 Å². The summed E-state index contributed by atoms with van der Waals surface area (Å²) in [6.45, 7) is 2.91. The molecule has 1 heterocycles. The van der Waals surface area contributed by atoms with Gasteiger partial charge >= 0.3 is 12.4 Å². The summed E-state index contributed by atoms with van der Waals surface area (Å²) in [5.74, 6) is 0. The van der Waals surface area contributed by atoms with Crippen LogP contribution in [0.25, 0.3) is 0 Å². The first kappa shape index (κ1) is 23.9. The van der Waals surface area contributed by atoms with Gasteiger partial charge in [0.25, 0.3) is 5.60 Å². The van der Waals surface area contributed by atoms with E-state index in [9.17, 15) is 26.3 Å². The maximum atomic E-state index is 13.8. The number of benzene rings is 1. The Balaban J connectivity index is 2.51. The third-order valence-corrected chi connectivity index (χ3v) is 4.92. The van der Waals surface area contributed by atoms with Gasteiger partial charge in [0.15, 0.2) is 0 Å². The summed E-state index contributed by atoms with van der Waals surface area (Å²) in [5.41, 5.74) is -4.27. The third kappa shape index (κ3) is 5.22. The summed E-state index contributed by atoms with van der Waals surface area (Å²) in [6.07, 6.45) is -9.99. The van der Waals surface area contributed by atoms with E-state index >= 15 is 0 Å². The predicted molar refractivity (Wildman–Crippen MR) is 95.6 cm³/mol. The Morgan fingerprint density at radius 3 is 2.24 bits per heavy atom. The van der Waals surface area contributed by atoms with Crippen LogP contribution in [0.2, 0.25) is 0 Å². The lowest BCUT2D eigenvalue weighted by molar-refractivity contribution is -0.400. The quantitative estimate of drug-likeness (QED) is 0.490. The zero-order valence-corrected chi connectivity index (χ0v) is 16.3. The van der Waals surface area contributed by atoms with Crippen LogP contribution in [0.3, 0.4) is 0 Å². The summed E-state index contributed by atoms with van der Waals surface area (Å²) < 4.78 is 91.2.